The highest BCUT2D eigenvalue weighted by molar-refractivity contribution is 6.11. The van der Waals surface area contributed by atoms with Crippen LogP contribution in [-0.2, 0) is 0 Å². The summed E-state index contributed by atoms with van der Waals surface area (Å²) in [5, 5.41) is 13.5. The number of nitrogens with zero attached hydrogens (tertiary/aromatic N) is 1. The number of carbonyl (C=O) groups excluding carboxylic acids is 1. The van der Waals surface area contributed by atoms with Gasteiger partial charge in [-0.2, -0.15) is 5.26 Å². The quantitative estimate of drug-likeness (QED) is 0.456. The second-order valence-electron chi connectivity index (χ2n) is 6.63. The number of rotatable bonds is 6. The van der Waals surface area contributed by atoms with Gasteiger partial charge in [0.05, 0.1) is 24.4 Å². The van der Waals surface area contributed by atoms with Crippen LogP contribution in [0.25, 0.3) is 10.9 Å². The molecule has 4 aromatic rings. The van der Waals surface area contributed by atoms with Crippen LogP contribution in [-0.4, -0.2) is 17.9 Å². The first-order valence-electron chi connectivity index (χ1n) is 9.21. The molecule has 1 aromatic heterocycles. The average molecular weight is 381 g/mol. The number of H-pyrrole nitrogens is 1. The maximum atomic E-state index is 13.6. The van der Waals surface area contributed by atoms with E-state index < -0.39 is 6.04 Å². The summed E-state index contributed by atoms with van der Waals surface area (Å²) in [5.74, 6) is 0.545. The second-order valence-corrected chi connectivity index (χ2v) is 6.63. The number of methoxy groups -OCH3 is 1. The molecule has 29 heavy (non-hydrogen) atoms. The molecule has 2 N–H and O–H groups in total. The number of hydrogen-bond donors (Lipinski definition) is 2. The van der Waals surface area contributed by atoms with Crippen molar-refractivity contribution in [2.24, 2.45) is 0 Å². The van der Waals surface area contributed by atoms with Crippen LogP contribution in [0, 0.1) is 11.3 Å². The molecule has 1 heterocycles. The van der Waals surface area contributed by atoms with E-state index in [1.165, 1.54) is 0 Å². The van der Waals surface area contributed by atoms with Gasteiger partial charge < -0.3 is 15.0 Å². The van der Waals surface area contributed by atoms with Crippen molar-refractivity contribution < 1.29 is 9.53 Å². The standard InChI is InChI=1S/C24H19N3O2/c1-29-22-12-5-4-11-21(22)27-23(17-8-6-7-16(13-17)14-25)24(28)19-15-26-20-10-3-2-9-18(19)20/h2-13,15,23,26-27H,1H3. The first-order valence-corrected chi connectivity index (χ1v) is 9.21. The molecular weight excluding hydrogens is 362 g/mol. The molecule has 5 heteroatoms. The van der Waals surface area contributed by atoms with Gasteiger partial charge in [0.25, 0.3) is 0 Å². The van der Waals surface area contributed by atoms with Gasteiger partial charge in [0.1, 0.15) is 11.8 Å². The number of fused-ring (bicyclic) bond motifs is 1. The van der Waals surface area contributed by atoms with Crippen molar-refractivity contribution in [1.82, 2.24) is 4.98 Å². The number of nitrogens with one attached hydrogen (secondary N) is 2. The lowest BCUT2D eigenvalue weighted by atomic mass is 9.95. The molecule has 0 amide bonds. The number of hydrogen-bond acceptors (Lipinski definition) is 4. The fourth-order valence-corrected chi connectivity index (χ4v) is 3.44. The minimum Gasteiger partial charge on any atom is -0.495 e. The highest BCUT2D eigenvalue weighted by Crippen LogP contribution is 2.31. The monoisotopic (exact) mass is 381 g/mol. The lowest BCUT2D eigenvalue weighted by Crippen LogP contribution is -2.21. The molecule has 4 rings (SSSR count). The number of anilines is 1. The summed E-state index contributed by atoms with van der Waals surface area (Å²) in [6.07, 6.45) is 1.73. The molecule has 142 valence electrons. The van der Waals surface area contributed by atoms with Crippen molar-refractivity contribution in [3.8, 4) is 11.8 Å². The Hall–Kier alpha value is -4.04. The average Bonchev–Trinajstić information content (AvgIpc) is 3.21. The summed E-state index contributed by atoms with van der Waals surface area (Å²) < 4.78 is 5.44. The molecule has 0 spiro atoms. The Morgan fingerprint density at radius 3 is 2.69 bits per heavy atom. The molecule has 1 atom stereocenters. The molecule has 0 aliphatic heterocycles. The first kappa shape index (κ1) is 18.3. The van der Waals surface area contributed by atoms with Crippen molar-refractivity contribution in [2.75, 3.05) is 12.4 Å². The van der Waals surface area contributed by atoms with Crippen molar-refractivity contribution in [1.29, 1.82) is 5.26 Å². The van der Waals surface area contributed by atoms with Crippen LogP contribution in [0.2, 0.25) is 0 Å². The minimum absolute atomic E-state index is 0.0940. The SMILES string of the molecule is COc1ccccc1NC(C(=O)c1c[nH]c2ccccc12)c1cccc(C#N)c1. The van der Waals surface area contributed by atoms with E-state index in [-0.39, 0.29) is 5.78 Å². The smallest absolute Gasteiger partial charge is 0.191 e. The van der Waals surface area contributed by atoms with Crippen LogP contribution in [0.15, 0.2) is 79.0 Å². The van der Waals surface area contributed by atoms with E-state index >= 15 is 0 Å². The third-order valence-corrected chi connectivity index (χ3v) is 4.87. The van der Waals surface area contributed by atoms with E-state index in [9.17, 15) is 10.1 Å². The Labute approximate surface area is 168 Å². The molecule has 0 bridgehead atoms. The van der Waals surface area contributed by atoms with Gasteiger partial charge in [0.15, 0.2) is 5.78 Å². The third-order valence-electron chi connectivity index (χ3n) is 4.87. The van der Waals surface area contributed by atoms with E-state index in [2.05, 4.69) is 16.4 Å². The zero-order chi connectivity index (χ0) is 20.2. The number of ketones is 1. The summed E-state index contributed by atoms with van der Waals surface area (Å²) in [5.41, 5.74) is 3.41. The van der Waals surface area contributed by atoms with E-state index in [1.807, 2.05) is 54.6 Å². The zero-order valence-electron chi connectivity index (χ0n) is 15.8. The molecule has 0 saturated carbocycles. The van der Waals surface area contributed by atoms with Gasteiger partial charge in [-0.3, -0.25) is 4.79 Å². The van der Waals surface area contributed by atoms with Crippen LogP contribution in [0.5, 0.6) is 5.75 Å². The second kappa shape index (κ2) is 7.91. The molecular formula is C24H19N3O2. The molecule has 0 aliphatic carbocycles. The van der Waals surface area contributed by atoms with Gasteiger partial charge in [-0.25, -0.2) is 0 Å². The number of para-hydroxylation sites is 3. The number of benzene rings is 3. The summed E-state index contributed by atoms with van der Waals surface area (Å²) >= 11 is 0. The molecule has 0 fully saturated rings. The topological polar surface area (TPSA) is 77.9 Å². The maximum absolute atomic E-state index is 13.6. The highest BCUT2D eigenvalue weighted by atomic mass is 16.5. The third kappa shape index (κ3) is 3.56. The van der Waals surface area contributed by atoms with E-state index in [4.69, 9.17) is 4.74 Å². The van der Waals surface area contributed by atoms with Gasteiger partial charge >= 0.3 is 0 Å². The number of aromatic nitrogens is 1. The van der Waals surface area contributed by atoms with Crippen molar-refractivity contribution in [3.05, 3.63) is 95.7 Å². The summed E-state index contributed by atoms with van der Waals surface area (Å²) in [6, 6.07) is 23.7. The first-order chi connectivity index (χ1) is 14.2. The number of Topliss-reactive ketones (excluding diaryl/α,β-unsaturated/α-hetero) is 1. The lowest BCUT2D eigenvalue weighted by molar-refractivity contribution is 0.0971. The lowest BCUT2D eigenvalue weighted by Gasteiger charge is -2.21. The Morgan fingerprint density at radius 1 is 1.07 bits per heavy atom. The van der Waals surface area contributed by atoms with Crippen LogP contribution in [0.4, 0.5) is 5.69 Å². The molecule has 3 aromatic carbocycles. The number of ether oxygens (including phenoxy) is 1. The van der Waals surface area contributed by atoms with Gasteiger partial charge in [-0.15, -0.1) is 0 Å². The zero-order valence-corrected chi connectivity index (χ0v) is 15.8. The van der Waals surface area contributed by atoms with Crippen molar-refractivity contribution >= 4 is 22.4 Å². The summed E-state index contributed by atoms with van der Waals surface area (Å²) in [6.45, 7) is 0. The van der Waals surface area contributed by atoms with Crippen molar-refractivity contribution in [2.45, 2.75) is 6.04 Å². The Balaban J connectivity index is 1.81. The molecule has 5 nitrogen and oxygen atoms in total. The largest absolute Gasteiger partial charge is 0.495 e. The fourth-order valence-electron chi connectivity index (χ4n) is 3.44. The molecule has 0 aliphatic rings. The Morgan fingerprint density at radius 2 is 1.86 bits per heavy atom. The van der Waals surface area contributed by atoms with Gasteiger partial charge in [-0.1, -0.05) is 42.5 Å². The van der Waals surface area contributed by atoms with Crippen molar-refractivity contribution in [3.63, 3.8) is 0 Å². The number of carbonyl (C=O) groups is 1. The number of aromatic amines is 1. The van der Waals surface area contributed by atoms with Gasteiger partial charge in [0, 0.05) is 22.7 Å². The van der Waals surface area contributed by atoms with Gasteiger partial charge in [0.2, 0.25) is 0 Å². The predicted octanol–water partition coefficient (Wildman–Crippen LogP) is 5.08. The van der Waals surface area contributed by atoms with Crippen LogP contribution >= 0.6 is 0 Å². The highest BCUT2D eigenvalue weighted by Gasteiger charge is 2.25. The molecule has 1 unspecified atom stereocenters. The van der Waals surface area contributed by atoms with Gasteiger partial charge in [-0.05, 0) is 35.9 Å². The molecule has 0 saturated heterocycles. The fraction of sp³-hybridized carbons (Fsp3) is 0.0833. The van der Waals surface area contributed by atoms with Crippen LogP contribution in [0.3, 0.4) is 0 Å². The maximum Gasteiger partial charge on any atom is 0.191 e. The summed E-state index contributed by atoms with van der Waals surface area (Å²) in [7, 11) is 1.59. The molecule has 0 radical (unpaired) electrons. The van der Waals surface area contributed by atoms with E-state index in [1.54, 1.807) is 31.5 Å². The van der Waals surface area contributed by atoms with Crippen LogP contribution in [0.1, 0.15) is 27.5 Å². The van der Waals surface area contributed by atoms with Crippen LogP contribution < -0.4 is 10.1 Å². The Bertz CT molecular complexity index is 1220. The normalized spacial score (nSPS) is 11.6. The predicted molar refractivity (Wildman–Crippen MR) is 113 cm³/mol. The van der Waals surface area contributed by atoms with E-state index in [0.717, 1.165) is 10.9 Å². The summed E-state index contributed by atoms with van der Waals surface area (Å²) in [4.78, 5) is 16.8. The minimum atomic E-state index is -0.682. The van der Waals surface area contributed by atoms with E-state index in [0.29, 0.717) is 28.1 Å². The number of nitriles is 1. The Kier molecular flexibility index (Phi) is 5.00.